The first kappa shape index (κ1) is 19.9. The molecule has 132 valence electrons. The summed E-state index contributed by atoms with van der Waals surface area (Å²) in [4.78, 5) is 1.83. The van der Waals surface area contributed by atoms with Gasteiger partial charge in [0.2, 0.25) is 0 Å². The molecule has 6 nitrogen and oxygen atoms in total. The van der Waals surface area contributed by atoms with Crippen molar-refractivity contribution in [2.75, 3.05) is 25.1 Å². The number of rotatable bonds is 7. The van der Waals surface area contributed by atoms with E-state index in [4.69, 9.17) is 5.11 Å². The van der Waals surface area contributed by atoms with Crippen LogP contribution >= 0.6 is 0 Å². The fraction of sp³-hybridized carbons (Fsp3) is 0.647. The van der Waals surface area contributed by atoms with E-state index in [1.54, 1.807) is 7.05 Å². The van der Waals surface area contributed by atoms with Crippen LogP contribution < -0.4 is 4.90 Å². The summed E-state index contributed by atoms with van der Waals surface area (Å²) in [5.74, 6) is 0. The fourth-order valence-electron chi connectivity index (χ4n) is 2.81. The zero-order chi connectivity index (χ0) is 17.9. The third-order valence-electron chi connectivity index (χ3n) is 4.49. The van der Waals surface area contributed by atoms with Crippen LogP contribution in [0.4, 0.5) is 5.69 Å². The largest absolute Gasteiger partial charge is 0.394 e. The van der Waals surface area contributed by atoms with E-state index in [9.17, 15) is 20.4 Å². The highest BCUT2D eigenvalue weighted by atomic mass is 16.4. The van der Waals surface area contributed by atoms with Crippen LogP contribution in [0.3, 0.4) is 0 Å². The predicted octanol–water partition coefficient (Wildman–Crippen LogP) is -0.208. The molecule has 1 aromatic carbocycles. The van der Waals surface area contributed by atoms with E-state index >= 15 is 0 Å². The molecule has 0 aliphatic carbocycles. The SMILES string of the molecule is Cc1cc(C)c(C)c(N(C)CC(O)C(O)C(O)C(O)CO)c1C. The lowest BCUT2D eigenvalue weighted by Gasteiger charge is -2.31. The van der Waals surface area contributed by atoms with Crippen molar-refractivity contribution in [3.63, 3.8) is 0 Å². The van der Waals surface area contributed by atoms with E-state index in [1.165, 1.54) is 0 Å². The number of likely N-dealkylation sites (N-methyl/N-ethyl adjacent to an activating group) is 1. The standard InChI is InChI=1S/C17H29NO5/c1-9-6-10(2)12(4)15(11(9)3)18(5)7-13(20)16(22)17(23)14(21)8-19/h6,13-14,16-17,19-23H,7-8H2,1-5H3. The van der Waals surface area contributed by atoms with Crippen LogP contribution in [0, 0.1) is 27.7 Å². The molecule has 0 radical (unpaired) electrons. The second kappa shape index (κ2) is 8.08. The third kappa shape index (κ3) is 4.43. The van der Waals surface area contributed by atoms with E-state index in [-0.39, 0.29) is 6.54 Å². The van der Waals surface area contributed by atoms with Crippen LogP contribution in [0.15, 0.2) is 6.07 Å². The number of hydrogen-bond acceptors (Lipinski definition) is 6. The Morgan fingerprint density at radius 2 is 1.30 bits per heavy atom. The Labute approximate surface area is 137 Å². The zero-order valence-corrected chi connectivity index (χ0v) is 14.5. The second-order valence-electron chi connectivity index (χ2n) is 6.29. The van der Waals surface area contributed by atoms with E-state index in [2.05, 4.69) is 6.07 Å². The number of aliphatic hydroxyl groups excluding tert-OH is 5. The van der Waals surface area contributed by atoms with E-state index in [0.29, 0.717) is 0 Å². The average Bonchev–Trinajstić information content (AvgIpc) is 2.50. The number of anilines is 1. The Balaban J connectivity index is 2.94. The van der Waals surface area contributed by atoms with Gasteiger partial charge in [-0.3, -0.25) is 0 Å². The Morgan fingerprint density at radius 1 is 0.870 bits per heavy atom. The number of benzene rings is 1. The molecule has 0 aliphatic rings. The van der Waals surface area contributed by atoms with E-state index < -0.39 is 31.0 Å². The van der Waals surface area contributed by atoms with Gasteiger partial charge in [-0.1, -0.05) is 6.07 Å². The van der Waals surface area contributed by atoms with Gasteiger partial charge in [0.25, 0.3) is 0 Å². The highest BCUT2D eigenvalue weighted by Gasteiger charge is 2.31. The monoisotopic (exact) mass is 327 g/mol. The van der Waals surface area contributed by atoms with Gasteiger partial charge in [0.05, 0.1) is 12.7 Å². The maximum absolute atomic E-state index is 10.1. The van der Waals surface area contributed by atoms with Crippen molar-refractivity contribution < 1.29 is 25.5 Å². The van der Waals surface area contributed by atoms with E-state index in [0.717, 1.165) is 27.9 Å². The van der Waals surface area contributed by atoms with Gasteiger partial charge in [-0.15, -0.1) is 0 Å². The lowest BCUT2D eigenvalue weighted by molar-refractivity contribution is -0.112. The molecule has 6 heteroatoms. The third-order valence-corrected chi connectivity index (χ3v) is 4.49. The minimum atomic E-state index is -1.61. The van der Waals surface area contributed by atoms with Gasteiger partial charge in [-0.05, 0) is 49.9 Å². The molecule has 4 atom stereocenters. The molecule has 0 heterocycles. The Hall–Kier alpha value is -1.18. The second-order valence-corrected chi connectivity index (χ2v) is 6.29. The van der Waals surface area contributed by atoms with Crippen LogP contribution in [0.25, 0.3) is 0 Å². The van der Waals surface area contributed by atoms with Crippen LogP contribution in [-0.4, -0.2) is 70.1 Å². The highest BCUT2D eigenvalue weighted by molar-refractivity contribution is 5.63. The summed E-state index contributed by atoms with van der Waals surface area (Å²) in [6.07, 6.45) is -5.92. The van der Waals surface area contributed by atoms with Gasteiger partial charge in [-0.25, -0.2) is 0 Å². The quantitative estimate of drug-likeness (QED) is 0.475. The molecule has 0 amide bonds. The van der Waals surface area contributed by atoms with Gasteiger partial charge in [-0.2, -0.15) is 0 Å². The molecular formula is C17H29NO5. The van der Waals surface area contributed by atoms with Gasteiger partial charge < -0.3 is 30.4 Å². The summed E-state index contributed by atoms with van der Waals surface area (Å²) in [6, 6.07) is 2.11. The summed E-state index contributed by atoms with van der Waals surface area (Å²) in [5, 5.41) is 48.0. The summed E-state index contributed by atoms with van der Waals surface area (Å²) >= 11 is 0. The van der Waals surface area contributed by atoms with Crippen molar-refractivity contribution in [3.05, 3.63) is 28.3 Å². The van der Waals surface area contributed by atoms with Crippen LogP contribution in [0.5, 0.6) is 0 Å². The van der Waals surface area contributed by atoms with Gasteiger partial charge in [0.15, 0.2) is 0 Å². The number of hydrogen-bond donors (Lipinski definition) is 5. The topological polar surface area (TPSA) is 104 Å². The Morgan fingerprint density at radius 3 is 1.74 bits per heavy atom. The molecule has 0 aromatic heterocycles. The molecule has 1 aromatic rings. The maximum atomic E-state index is 10.1. The molecule has 1 rings (SSSR count). The zero-order valence-electron chi connectivity index (χ0n) is 14.5. The summed E-state index contributed by atoms with van der Waals surface area (Å²) in [6.45, 7) is 7.44. The summed E-state index contributed by atoms with van der Waals surface area (Å²) < 4.78 is 0. The molecule has 0 fully saturated rings. The van der Waals surface area contributed by atoms with Crippen LogP contribution in [-0.2, 0) is 0 Å². The van der Waals surface area contributed by atoms with E-state index in [1.807, 2.05) is 32.6 Å². The minimum absolute atomic E-state index is 0.0843. The highest BCUT2D eigenvalue weighted by Crippen LogP contribution is 2.29. The van der Waals surface area contributed by atoms with Crippen molar-refractivity contribution in [2.45, 2.75) is 52.1 Å². The lowest BCUT2D eigenvalue weighted by Crippen LogP contribution is -2.49. The minimum Gasteiger partial charge on any atom is -0.394 e. The average molecular weight is 327 g/mol. The molecule has 0 bridgehead atoms. The molecule has 0 spiro atoms. The molecule has 0 aliphatic heterocycles. The predicted molar refractivity (Wildman–Crippen MR) is 89.8 cm³/mol. The molecule has 4 unspecified atom stereocenters. The van der Waals surface area contributed by atoms with Crippen molar-refractivity contribution in [2.24, 2.45) is 0 Å². The smallest absolute Gasteiger partial charge is 0.111 e. The number of aliphatic hydroxyl groups is 5. The van der Waals surface area contributed by atoms with Crippen LogP contribution in [0.1, 0.15) is 22.3 Å². The Bertz CT molecular complexity index is 508. The molecular weight excluding hydrogens is 298 g/mol. The number of aryl methyl sites for hydroxylation is 2. The molecule has 0 saturated heterocycles. The number of nitrogens with zero attached hydrogens (tertiary/aromatic N) is 1. The van der Waals surface area contributed by atoms with Crippen molar-refractivity contribution in [1.29, 1.82) is 0 Å². The van der Waals surface area contributed by atoms with Crippen LogP contribution in [0.2, 0.25) is 0 Å². The van der Waals surface area contributed by atoms with Gasteiger partial charge in [0, 0.05) is 19.3 Å². The normalized spacial score (nSPS) is 16.8. The van der Waals surface area contributed by atoms with Crippen molar-refractivity contribution in [3.8, 4) is 0 Å². The molecule has 5 N–H and O–H groups in total. The first-order chi connectivity index (χ1) is 10.6. The fourth-order valence-corrected chi connectivity index (χ4v) is 2.81. The maximum Gasteiger partial charge on any atom is 0.111 e. The summed E-state index contributed by atoms with van der Waals surface area (Å²) in [5.41, 5.74) is 5.44. The van der Waals surface area contributed by atoms with Crippen molar-refractivity contribution >= 4 is 5.69 Å². The molecule has 0 saturated carbocycles. The lowest BCUT2D eigenvalue weighted by atomic mass is 9.97. The van der Waals surface area contributed by atoms with Gasteiger partial charge >= 0.3 is 0 Å². The first-order valence-electron chi connectivity index (χ1n) is 7.73. The first-order valence-corrected chi connectivity index (χ1v) is 7.73. The van der Waals surface area contributed by atoms with Gasteiger partial charge in [0.1, 0.15) is 18.3 Å². The molecule has 23 heavy (non-hydrogen) atoms. The van der Waals surface area contributed by atoms with Crippen molar-refractivity contribution in [1.82, 2.24) is 0 Å². The Kier molecular flexibility index (Phi) is 6.98. The summed E-state index contributed by atoms with van der Waals surface area (Å²) in [7, 11) is 1.80.